The number of nitrogens with zero attached hydrogens (tertiary/aromatic N) is 1. The Balaban J connectivity index is 1.73. The second-order valence-corrected chi connectivity index (χ2v) is 9.61. The van der Waals surface area contributed by atoms with E-state index in [1.807, 2.05) is 6.07 Å². The van der Waals surface area contributed by atoms with Gasteiger partial charge in [0.25, 0.3) is 0 Å². The van der Waals surface area contributed by atoms with Gasteiger partial charge in [-0.3, -0.25) is 4.79 Å². The fourth-order valence-electron chi connectivity index (χ4n) is 5.66. The molecule has 2 aliphatic rings. The molecule has 2 N–H and O–H groups in total. The van der Waals surface area contributed by atoms with E-state index in [0.717, 1.165) is 48.0 Å². The number of carboxylic acid groups (broad SMARTS) is 1. The molecule has 1 aliphatic heterocycles. The summed E-state index contributed by atoms with van der Waals surface area (Å²) in [6, 6.07) is 10.1. The number of aromatic nitrogens is 1. The molecule has 3 aromatic rings. The Kier molecular flexibility index (Phi) is 6.06. The van der Waals surface area contributed by atoms with Gasteiger partial charge < -0.3 is 19.5 Å². The lowest BCUT2D eigenvalue weighted by molar-refractivity contribution is -0.142. The number of halogens is 2. The van der Waals surface area contributed by atoms with E-state index in [0.29, 0.717) is 26.1 Å². The molecule has 0 radical (unpaired) electrons. The van der Waals surface area contributed by atoms with Crippen LogP contribution in [-0.2, 0) is 9.53 Å². The smallest absolute Gasteiger partial charge is 0.306 e. The van der Waals surface area contributed by atoms with E-state index in [9.17, 15) is 19.4 Å². The van der Waals surface area contributed by atoms with Crippen LogP contribution in [0.15, 0.2) is 36.4 Å². The highest BCUT2D eigenvalue weighted by molar-refractivity contribution is 6.30. The first-order valence-corrected chi connectivity index (χ1v) is 11.9. The lowest BCUT2D eigenvalue weighted by Gasteiger charge is -2.31. The molecular weight excluding hydrogens is 445 g/mol. The Labute approximate surface area is 196 Å². The molecule has 0 spiro atoms. The first kappa shape index (κ1) is 22.2. The maximum absolute atomic E-state index is 14.0. The number of carboxylic acids is 1. The normalized spacial score (nSPS) is 22.0. The zero-order valence-electron chi connectivity index (χ0n) is 18.3. The van der Waals surface area contributed by atoms with Crippen molar-refractivity contribution in [3.63, 3.8) is 0 Å². The molecule has 2 fully saturated rings. The number of phenols is 1. The average Bonchev–Trinajstić information content (AvgIpc) is 3.15. The predicted molar refractivity (Wildman–Crippen MR) is 125 cm³/mol. The zero-order chi connectivity index (χ0) is 23.1. The topological polar surface area (TPSA) is 71.7 Å². The van der Waals surface area contributed by atoms with E-state index in [-0.39, 0.29) is 28.5 Å². The second-order valence-electron chi connectivity index (χ2n) is 9.21. The van der Waals surface area contributed by atoms with Gasteiger partial charge in [-0.1, -0.05) is 11.6 Å². The van der Waals surface area contributed by atoms with Crippen LogP contribution in [-0.4, -0.2) is 34.0 Å². The quantitative estimate of drug-likeness (QED) is 0.463. The lowest BCUT2D eigenvalue weighted by Crippen LogP contribution is -2.23. The summed E-state index contributed by atoms with van der Waals surface area (Å²) in [5.74, 6) is -0.862. The fourth-order valence-corrected chi connectivity index (χ4v) is 5.83. The molecule has 1 saturated heterocycles. The van der Waals surface area contributed by atoms with Gasteiger partial charge in [0.1, 0.15) is 11.6 Å². The number of aromatic hydroxyl groups is 1. The van der Waals surface area contributed by atoms with E-state index >= 15 is 0 Å². The van der Waals surface area contributed by atoms with Crippen LogP contribution >= 0.6 is 11.6 Å². The number of fused-ring (bicyclic) bond motifs is 1. The van der Waals surface area contributed by atoms with Gasteiger partial charge in [-0.15, -0.1) is 0 Å². The van der Waals surface area contributed by atoms with Gasteiger partial charge in [0, 0.05) is 35.9 Å². The molecule has 174 valence electrons. The van der Waals surface area contributed by atoms with Gasteiger partial charge in [0.15, 0.2) is 0 Å². The van der Waals surface area contributed by atoms with Crippen LogP contribution in [0.3, 0.4) is 0 Å². The number of carbonyl (C=O) groups is 1. The monoisotopic (exact) mass is 471 g/mol. The third-order valence-electron chi connectivity index (χ3n) is 7.28. The Morgan fingerprint density at radius 1 is 1.00 bits per heavy atom. The third-order valence-corrected chi connectivity index (χ3v) is 7.57. The first-order chi connectivity index (χ1) is 15.9. The molecule has 0 bridgehead atoms. The molecule has 1 aliphatic carbocycles. The standard InChI is InChI=1S/C26H27ClFNO4/c27-21-13-18(5-7-22(21)28)29-23-8-6-19(30)14-20(23)24(25(29)16-9-11-33-12-10-16)15-1-3-17(4-2-15)26(31)32/h5-8,13-17,30H,1-4,9-12H2,(H,31,32)/t15-,17+. The van der Waals surface area contributed by atoms with E-state index in [2.05, 4.69) is 4.57 Å². The van der Waals surface area contributed by atoms with Crippen LogP contribution < -0.4 is 0 Å². The minimum absolute atomic E-state index is 0.0644. The summed E-state index contributed by atoms with van der Waals surface area (Å²) in [7, 11) is 0. The van der Waals surface area contributed by atoms with Gasteiger partial charge in [0.2, 0.25) is 0 Å². The Morgan fingerprint density at radius 2 is 1.73 bits per heavy atom. The van der Waals surface area contributed by atoms with Gasteiger partial charge in [0.05, 0.1) is 16.5 Å². The molecule has 0 amide bonds. The SMILES string of the molecule is O=C(O)[C@H]1CC[C@@H](c2c(C3CCOCC3)n(-c3ccc(F)c(Cl)c3)c3ccc(O)cc32)CC1. The molecule has 1 aromatic heterocycles. The van der Waals surface area contributed by atoms with Crippen molar-refractivity contribution in [1.29, 1.82) is 0 Å². The van der Waals surface area contributed by atoms with Gasteiger partial charge >= 0.3 is 5.97 Å². The van der Waals surface area contributed by atoms with E-state index in [1.165, 1.54) is 11.6 Å². The third kappa shape index (κ3) is 4.11. The summed E-state index contributed by atoms with van der Waals surface area (Å²) in [6.07, 6.45) is 4.59. The molecule has 33 heavy (non-hydrogen) atoms. The molecule has 5 rings (SSSR count). The summed E-state index contributed by atoms with van der Waals surface area (Å²) in [5.41, 5.74) is 4.05. The first-order valence-electron chi connectivity index (χ1n) is 11.6. The number of benzene rings is 2. The molecule has 1 saturated carbocycles. The number of hydrogen-bond donors (Lipinski definition) is 2. The maximum Gasteiger partial charge on any atom is 0.306 e. The molecule has 0 unspecified atom stereocenters. The van der Waals surface area contributed by atoms with Gasteiger partial charge in [-0.2, -0.15) is 0 Å². The fraction of sp³-hybridized carbons (Fsp3) is 0.423. The number of hydrogen-bond acceptors (Lipinski definition) is 3. The zero-order valence-corrected chi connectivity index (χ0v) is 19.0. The predicted octanol–water partition coefficient (Wildman–Crippen LogP) is 6.38. The van der Waals surface area contributed by atoms with Crippen LogP contribution in [0.1, 0.15) is 61.6 Å². The van der Waals surface area contributed by atoms with Crippen molar-refractivity contribution >= 4 is 28.5 Å². The molecule has 7 heteroatoms. The average molecular weight is 472 g/mol. The number of phenolic OH excluding ortho intramolecular Hbond substituents is 1. The Bertz CT molecular complexity index is 1190. The Morgan fingerprint density at radius 3 is 2.39 bits per heavy atom. The summed E-state index contributed by atoms with van der Waals surface area (Å²) < 4.78 is 21.8. The lowest BCUT2D eigenvalue weighted by atomic mass is 9.76. The highest BCUT2D eigenvalue weighted by Crippen LogP contribution is 2.47. The van der Waals surface area contributed by atoms with Crippen molar-refractivity contribution in [2.75, 3.05) is 13.2 Å². The number of ether oxygens (including phenoxy) is 1. The summed E-state index contributed by atoms with van der Waals surface area (Å²) in [4.78, 5) is 11.5. The van der Waals surface area contributed by atoms with Crippen LogP contribution in [0, 0.1) is 11.7 Å². The van der Waals surface area contributed by atoms with Crippen molar-refractivity contribution in [3.8, 4) is 11.4 Å². The Hall–Kier alpha value is -2.57. The van der Waals surface area contributed by atoms with Crippen molar-refractivity contribution in [1.82, 2.24) is 4.57 Å². The maximum atomic E-state index is 14.0. The van der Waals surface area contributed by atoms with Crippen molar-refractivity contribution < 1.29 is 24.1 Å². The largest absolute Gasteiger partial charge is 0.508 e. The van der Waals surface area contributed by atoms with Crippen LogP contribution in [0.25, 0.3) is 16.6 Å². The summed E-state index contributed by atoms with van der Waals surface area (Å²) in [6.45, 7) is 1.35. The minimum Gasteiger partial charge on any atom is -0.508 e. The highest BCUT2D eigenvalue weighted by Gasteiger charge is 2.34. The highest BCUT2D eigenvalue weighted by atomic mass is 35.5. The van der Waals surface area contributed by atoms with E-state index in [1.54, 1.807) is 24.3 Å². The van der Waals surface area contributed by atoms with Gasteiger partial charge in [-0.25, -0.2) is 4.39 Å². The molecule has 5 nitrogen and oxygen atoms in total. The van der Waals surface area contributed by atoms with Gasteiger partial charge in [-0.05, 0) is 86.4 Å². The second kappa shape index (κ2) is 8.99. The summed E-state index contributed by atoms with van der Waals surface area (Å²) >= 11 is 6.18. The van der Waals surface area contributed by atoms with Crippen LogP contribution in [0.5, 0.6) is 5.75 Å². The van der Waals surface area contributed by atoms with E-state index in [4.69, 9.17) is 16.3 Å². The van der Waals surface area contributed by atoms with Crippen molar-refractivity contribution in [3.05, 3.63) is 58.5 Å². The van der Waals surface area contributed by atoms with Crippen LogP contribution in [0.2, 0.25) is 5.02 Å². The molecular formula is C26H27ClFNO4. The number of aliphatic carboxylic acids is 1. The molecule has 2 heterocycles. The molecule has 0 atom stereocenters. The van der Waals surface area contributed by atoms with E-state index < -0.39 is 11.8 Å². The van der Waals surface area contributed by atoms with Crippen molar-refractivity contribution in [2.24, 2.45) is 5.92 Å². The molecule has 2 aromatic carbocycles. The van der Waals surface area contributed by atoms with Crippen LogP contribution in [0.4, 0.5) is 4.39 Å². The van der Waals surface area contributed by atoms with Crippen molar-refractivity contribution in [2.45, 2.75) is 50.4 Å². The minimum atomic E-state index is -0.723. The number of rotatable bonds is 4. The summed E-state index contributed by atoms with van der Waals surface area (Å²) in [5, 5.41) is 20.9.